The molecule has 0 aliphatic carbocycles. The fourth-order valence-electron chi connectivity index (χ4n) is 2.21. The predicted molar refractivity (Wildman–Crippen MR) is 90.5 cm³/mol. The molecule has 0 saturated carbocycles. The molecule has 1 amide bonds. The molecule has 3 nitrogen and oxygen atoms in total. The van der Waals surface area contributed by atoms with Crippen LogP contribution in [0, 0.1) is 0 Å². The fraction of sp³-hybridized carbons (Fsp3) is 0.278. The number of carbonyl (C=O) groups is 1. The molecule has 0 aliphatic rings. The molecule has 2 rings (SSSR count). The summed E-state index contributed by atoms with van der Waals surface area (Å²) in [6, 6.07) is 17.3. The van der Waals surface area contributed by atoms with Crippen molar-refractivity contribution in [2.75, 3.05) is 6.26 Å². The highest BCUT2D eigenvalue weighted by atomic mass is 32.2. The Morgan fingerprint density at radius 1 is 1.09 bits per heavy atom. The molecule has 0 heterocycles. The molecule has 2 aromatic carbocycles. The normalized spacial score (nSPS) is 13.4. The molecule has 1 N–H and O–H groups in total. The van der Waals surface area contributed by atoms with Crippen LogP contribution in [0.25, 0.3) is 0 Å². The second-order valence-electron chi connectivity index (χ2n) is 5.38. The van der Waals surface area contributed by atoms with Gasteiger partial charge in [0.15, 0.2) is 0 Å². The van der Waals surface area contributed by atoms with Gasteiger partial charge in [-0.05, 0) is 49.6 Å². The van der Waals surface area contributed by atoms with Crippen molar-refractivity contribution in [1.82, 2.24) is 5.32 Å². The first-order valence-corrected chi connectivity index (χ1v) is 8.90. The van der Waals surface area contributed by atoms with Crippen molar-refractivity contribution >= 4 is 16.7 Å². The van der Waals surface area contributed by atoms with Gasteiger partial charge in [-0.25, -0.2) is 0 Å². The molecule has 0 radical (unpaired) electrons. The van der Waals surface area contributed by atoms with Gasteiger partial charge in [0.05, 0.1) is 0 Å². The molecule has 2 aromatic rings. The number of benzene rings is 2. The monoisotopic (exact) mass is 315 g/mol. The van der Waals surface area contributed by atoms with E-state index in [1.165, 1.54) is 5.56 Å². The minimum atomic E-state index is -1.02. The number of amides is 1. The predicted octanol–water partition coefficient (Wildman–Crippen LogP) is 3.18. The van der Waals surface area contributed by atoms with E-state index in [0.717, 1.165) is 17.7 Å². The zero-order chi connectivity index (χ0) is 15.9. The second kappa shape index (κ2) is 7.90. The molecule has 2 atom stereocenters. The van der Waals surface area contributed by atoms with Crippen LogP contribution in [-0.2, 0) is 17.2 Å². The van der Waals surface area contributed by atoms with Gasteiger partial charge in [0.2, 0.25) is 0 Å². The van der Waals surface area contributed by atoms with E-state index >= 15 is 0 Å². The van der Waals surface area contributed by atoms with Crippen molar-refractivity contribution in [3.63, 3.8) is 0 Å². The molecule has 22 heavy (non-hydrogen) atoms. The minimum Gasteiger partial charge on any atom is -0.350 e. The highest BCUT2D eigenvalue weighted by Crippen LogP contribution is 2.09. The Morgan fingerprint density at radius 3 is 2.32 bits per heavy atom. The Hall–Kier alpha value is -1.94. The van der Waals surface area contributed by atoms with E-state index in [2.05, 4.69) is 17.4 Å². The largest absolute Gasteiger partial charge is 0.350 e. The lowest BCUT2D eigenvalue weighted by Crippen LogP contribution is -2.32. The lowest BCUT2D eigenvalue weighted by atomic mass is 10.1. The summed E-state index contributed by atoms with van der Waals surface area (Å²) in [6.07, 6.45) is 3.46. The van der Waals surface area contributed by atoms with E-state index < -0.39 is 10.8 Å². The number of hydrogen-bond acceptors (Lipinski definition) is 2. The Labute approximate surface area is 134 Å². The molecule has 2 unspecified atom stereocenters. The molecular weight excluding hydrogens is 294 g/mol. The van der Waals surface area contributed by atoms with Crippen molar-refractivity contribution in [2.24, 2.45) is 0 Å². The highest BCUT2D eigenvalue weighted by Gasteiger charge is 2.10. The maximum Gasteiger partial charge on any atom is 0.251 e. The van der Waals surface area contributed by atoms with E-state index in [1.54, 1.807) is 30.5 Å². The van der Waals surface area contributed by atoms with Crippen LogP contribution < -0.4 is 5.32 Å². The van der Waals surface area contributed by atoms with Crippen molar-refractivity contribution in [3.05, 3.63) is 65.7 Å². The summed E-state index contributed by atoms with van der Waals surface area (Å²) >= 11 is 0. The molecular formula is C18H21NO2S. The second-order valence-corrected chi connectivity index (χ2v) is 6.76. The third-order valence-corrected chi connectivity index (χ3v) is 4.47. The van der Waals surface area contributed by atoms with Gasteiger partial charge in [-0.15, -0.1) is 0 Å². The molecule has 0 aromatic heterocycles. The van der Waals surface area contributed by atoms with Crippen LogP contribution >= 0.6 is 0 Å². The number of nitrogens with one attached hydrogen (secondary N) is 1. The molecule has 0 bridgehead atoms. The van der Waals surface area contributed by atoms with Gasteiger partial charge in [-0.3, -0.25) is 9.00 Å². The van der Waals surface area contributed by atoms with E-state index in [0.29, 0.717) is 5.56 Å². The van der Waals surface area contributed by atoms with Crippen molar-refractivity contribution in [1.29, 1.82) is 0 Å². The molecule has 0 saturated heterocycles. The summed E-state index contributed by atoms with van der Waals surface area (Å²) in [7, 11) is -1.02. The smallest absolute Gasteiger partial charge is 0.251 e. The van der Waals surface area contributed by atoms with Crippen molar-refractivity contribution in [3.8, 4) is 0 Å². The minimum absolute atomic E-state index is 0.0889. The van der Waals surface area contributed by atoms with Crippen LogP contribution in [-0.4, -0.2) is 22.4 Å². The average molecular weight is 315 g/mol. The summed E-state index contributed by atoms with van der Waals surface area (Å²) in [5.74, 6) is -0.0889. The van der Waals surface area contributed by atoms with Crippen LogP contribution in [0.2, 0.25) is 0 Å². The lowest BCUT2D eigenvalue weighted by molar-refractivity contribution is 0.0938. The Balaban J connectivity index is 1.86. The van der Waals surface area contributed by atoms with E-state index in [4.69, 9.17) is 0 Å². The van der Waals surface area contributed by atoms with Crippen LogP contribution in [0.15, 0.2) is 59.5 Å². The van der Waals surface area contributed by atoms with Crippen molar-refractivity contribution in [2.45, 2.75) is 30.7 Å². The highest BCUT2D eigenvalue weighted by molar-refractivity contribution is 7.84. The topological polar surface area (TPSA) is 46.2 Å². The first-order chi connectivity index (χ1) is 10.6. The molecule has 4 heteroatoms. The van der Waals surface area contributed by atoms with Crippen molar-refractivity contribution < 1.29 is 9.00 Å². The molecule has 116 valence electrons. The third kappa shape index (κ3) is 4.81. The van der Waals surface area contributed by atoms with E-state index in [9.17, 15) is 9.00 Å². The number of hydrogen-bond donors (Lipinski definition) is 1. The maximum absolute atomic E-state index is 12.2. The van der Waals surface area contributed by atoms with E-state index in [-0.39, 0.29) is 11.9 Å². The lowest BCUT2D eigenvalue weighted by Gasteiger charge is -2.14. The molecule has 0 aliphatic heterocycles. The zero-order valence-corrected chi connectivity index (χ0v) is 13.7. The van der Waals surface area contributed by atoms with Gasteiger partial charge in [-0.2, -0.15) is 0 Å². The van der Waals surface area contributed by atoms with E-state index in [1.807, 2.05) is 25.1 Å². The Bertz CT molecular complexity index is 638. The zero-order valence-electron chi connectivity index (χ0n) is 12.9. The Morgan fingerprint density at radius 2 is 1.73 bits per heavy atom. The van der Waals surface area contributed by atoms with Crippen LogP contribution in [0.5, 0.6) is 0 Å². The van der Waals surface area contributed by atoms with Gasteiger partial charge in [0.25, 0.3) is 5.91 Å². The summed E-state index contributed by atoms with van der Waals surface area (Å²) < 4.78 is 11.3. The van der Waals surface area contributed by atoms with Gasteiger partial charge < -0.3 is 5.32 Å². The quantitative estimate of drug-likeness (QED) is 0.890. The average Bonchev–Trinajstić information content (AvgIpc) is 2.54. The van der Waals surface area contributed by atoms with Gasteiger partial charge >= 0.3 is 0 Å². The maximum atomic E-state index is 12.2. The van der Waals surface area contributed by atoms with Crippen LogP contribution in [0.3, 0.4) is 0 Å². The number of aryl methyl sites for hydroxylation is 1. The van der Waals surface area contributed by atoms with Gasteiger partial charge in [0, 0.05) is 33.6 Å². The SMILES string of the molecule is CC(CCc1ccccc1)NC(=O)c1ccc(S(C)=O)cc1. The summed E-state index contributed by atoms with van der Waals surface area (Å²) in [5, 5.41) is 3.00. The fourth-order valence-corrected chi connectivity index (χ4v) is 2.72. The molecule has 0 fully saturated rings. The van der Waals surface area contributed by atoms with Crippen LogP contribution in [0.4, 0.5) is 0 Å². The summed E-state index contributed by atoms with van der Waals surface area (Å²) in [5.41, 5.74) is 1.87. The Kier molecular flexibility index (Phi) is 5.90. The van der Waals surface area contributed by atoms with Gasteiger partial charge in [0.1, 0.15) is 0 Å². The van der Waals surface area contributed by atoms with Gasteiger partial charge in [-0.1, -0.05) is 30.3 Å². The summed E-state index contributed by atoms with van der Waals surface area (Å²) in [6.45, 7) is 2.01. The number of rotatable bonds is 6. The third-order valence-electron chi connectivity index (χ3n) is 3.53. The standard InChI is InChI=1S/C18H21NO2S/c1-14(8-9-15-6-4-3-5-7-15)19-18(20)16-10-12-17(13-11-16)22(2)21/h3-7,10-14H,8-9H2,1-2H3,(H,19,20). The first-order valence-electron chi connectivity index (χ1n) is 7.34. The number of carbonyl (C=O) groups excluding carboxylic acids is 1. The molecule has 0 spiro atoms. The van der Waals surface area contributed by atoms with Crippen LogP contribution in [0.1, 0.15) is 29.3 Å². The summed E-state index contributed by atoms with van der Waals surface area (Å²) in [4.78, 5) is 12.9. The first kappa shape index (κ1) is 16.4.